The summed E-state index contributed by atoms with van der Waals surface area (Å²) in [5.74, 6) is -0.0911. The molecule has 2 rings (SSSR count). The normalized spacial score (nSPS) is 9.48. The van der Waals surface area contributed by atoms with Crippen molar-refractivity contribution in [1.29, 1.82) is 0 Å². The average Bonchev–Trinajstić information content (AvgIpc) is 2.71. The van der Waals surface area contributed by atoms with E-state index in [1.165, 1.54) is 11.3 Å². The molecule has 21 heavy (non-hydrogen) atoms. The Kier molecular flexibility index (Phi) is 8.51. The number of aryl methyl sites for hydroxylation is 2. The van der Waals surface area contributed by atoms with E-state index in [0.717, 1.165) is 28.5 Å². The van der Waals surface area contributed by atoms with Crippen LogP contribution in [-0.4, -0.2) is 17.9 Å². The number of nitrogens with zero attached hydrogens (tertiary/aromatic N) is 1. The lowest BCUT2D eigenvalue weighted by molar-refractivity contribution is 0.102. The number of carbonyl (C=O) groups is 1. The second-order valence-corrected chi connectivity index (χ2v) is 5.49. The van der Waals surface area contributed by atoms with Crippen molar-refractivity contribution in [3.8, 4) is 0 Å². The summed E-state index contributed by atoms with van der Waals surface area (Å²) in [6.07, 6.45) is 0. The lowest BCUT2D eigenvalue weighted by Crippen LogP contribution is -2.15. The molecule has 0 saturated heterocycles. The van der Waals surface area contributed by atoms with Crippen molar-refractivity contribution < 1.29 is 4.79 Å². The first-order chi connectivity index (χ1) is 9.11. The van der Waals surface area contributed by atoms with E-state index in [9.17, 15) is 4.79 Å². The molecular weight excluding hydrogens is 329 g/mol. The molecule has 1 amide bonds. The number of rotatable bonds is 4. The van der Waals surface area contributed by atoms with Gasteiger partial charge in [0, 0.05) is 12.2 Å². The maximum absolute atomic E-state index is 12.2. The third-order valence-corrected chi connectivity index (χ3v) is 3.81. The molecule has 4 nitrogen and oxygen atoms in total. The third-order valence-electron chi connectivity index (χ3n) is 2.74. The number of hydrogen-bond donors (Lipinski definition) is 2. The highest BCUT2D eigenvalue weighted by atomic mass is 35.5. The summed E-state index contributed by atoms with van der Waals surface area (Å²) in [6.45, 7) is 4.48. The monoisotopic (exact) mass is 347 g/mol. The Balaban J connectivity index is 0.00000200. The molecule has 0 aliphatic heterocycles. The number of halogens is 2. The van der Waals surface area contributed by atoms with Gasteiger partial charge in [-0.25, -0.2) is 4.98 Å². The van der Waals surface area contributed by atoms with Crippen molar-refractivity contribution in [3.05, 3.63) is 45.4 Å². The number of amides is 1. The summed E-state index contributed by atoms with van der Waals surface area (Å²) >= 11 is 1.42. The number of carbonyl (C=O) groups excluding carboxylic acids is 1. The van der Waals surface area contributed by atoms with E-state index in [1.54, 1.807) is 0 Å². The summed E-state index contributed by atoms with van der Waals surface area (Å²) in [5.41, 5.74) is 2.69. The summed E-state index contributed by atoms with van der Waals surface area (Å²) in [6, 6.07) is 7.79. The van der Waals surface area contributed by atoms with Crippen LogP contribution in [0.25, 0.3) is 0 Å². The van der Waals surface area contributed by atoms with Crippen LogP contribution in [0.1, 0.15) is 25.9 Å². The molecule has 2 N–H and O–H groups in total. The molecule has 0 atom stereocenters. The van der Waals surface area contributed by atoms with Gasteiger partial charge in [0.1, 0.15) is 4.88 Å². The van der Waals surface area contributed by atoms with E-state index in [-0.39, 0.29) is 30.7 Å². The van der Waals surface area contributed by atoms with E-state index >= 15 is 0 Å². The molecule has 0 aliphatic carbocycles. The quantitative estimate of drug-likeness (QED) is 0.888. The van der Waals surface area contributed by atoms with E-state index in [0.29, 0.717) is 4.88 Å². The Morgan fingerprint density at radius 1 is 1.24 bits per heavy atom. The van der Waals surface area contributed by atoms with E-state index in [1.807, 2.05) is 45.2 Å². The van der Waals surface area contributed by atoms with E-state index < -0.39 is 0 Å². The van der Waals surface area contributed by atoms with Crippen molar-refractivity contribution in [2.24, 2.45) is 0 Å². The molecule has 7 heteroatoms. The Morgan fingerprint density at radius 3 is 2.48 bits per heavy atom. The van der Waals surface area contributed by atoms with Gasteiger partial charge in [0.15, 0.2) is 0 Å². The third kappa shape index (κ3) is 4.97. The molecule has 0 saturated carbocycles. The van der Waals surface area contributed by atoms with Gasteiger partial charge in [-0.1, -0.05) is 18.2 Å². The van der Waals surface area contributed by atoms with Gasteiger partial charge < -0.3 is 10.6 Å². The molecule has 0 radical (unpaired) electrons. The second-order valence-electron chi connectivity index (χ2n) is 4.29. The second kappa shape index (κ2) is 9.00. The number of nitrogens with one attached hydrogen (secondary N) is 2. The van der Waals surface area contributed by atoms with Gasteiger partial charge in [0.2, 0.25) is 0 Å². The summed E-state index contributed by atoms with van der Waals surface area (Å²) in [4.78, 5) is 17.2. The lowest BCUT2D eigenvalue weighted by atomic mass is 10.1. The van der Waals surface area contributed by atoms with Crippen LogP contribution in [-0.2, 0) is 6.54 Å². The van der Waals surface area contributed by atoms with Gasteiger partial charge in [0.05, 0.1) is 10.7 Å². The zero-order chi connectivity index (χ0) is 13.8. The number of para-hydroxylation sites is 1. The Labute approximate surface area is 141 Å². The van der Waals surface area contributed by atoms with Crippen LogP contribution in [0, 0.1) is 13.8 Å². The molecule has 116 valence electrons. The van der Waals surface area contributed by atoms with Crippen LogP contribution in [0.2, 0.25) is 0 Å². The topological polar surface area (TPSA) is 54.0 Å². The minimum absolute atomic E-state index is 0. The average molecular weight is 348 g/mol. The standard InChI is InChI=1S/C14H17N3OS.2ClH/c1-9-13(19-10(2)16-9)14(18)17-12-7-5-4-6-11(12)8-15-3;;/h4-7,15H,8H2,1-3H3,(H,17,18);2*1H. The van der Waals surface area contributed by atoms with Gasteiger partial charge in [-0.05, 0) is 32.5 Å². The molecule has 0 spiro atoms. The molecule has 1 heterocycles. The number of aromatic nitrogens is 1. The maximum atomic E-state index is 12.2. The highest BCUT2D eigenvalue weighted by molar-refractivity contribution is 7.13. The van der Waals surface area contributed by atoms with Crippen molar-refractivity contribution in [3.63, 3.8) is 0 Å². The SMILES string of the molecule is CNCc1ccccc1NC(=O)c1sc(C)nc1C.Cl.Cl. The predicted molar refractivity (Wildman–Crippen MR) is 93.2 cm³/mol. The van der Waals surface area contributed by atoms with Crippen LogP contribution < -0.4 is 10.6 Å². The minimum Gasteiger partial charge on any atom is -0.321 e. The van der Waals surface area contributed by atoms with Gasteiger partial charge in [-0.3, -0.25) is 4.79 Å². The molecule has 0 unspecified atom stereocenters. The molecule has 1 aromatic carbocycles. The fraction of sp³-hybridized carbons (Fsp3) is 0.286. The van der Waals surface area contributed by atoms with Crippen LogP contribution in [0.3, 0.4) is 0 Å². The number of hydrogen-bond acceptors (Lipinski definition) is 4. The van der Waals surface area contributed by atoms with Crippen LogP contribution in [0.15, 0.2) is 24.3 Å². The zero-order valence-corrected chi connectivity index (χ0v) is 14.5. The molecule has 0 aliphatic rings. The van der Waals surface area contributed by atoms with Crippen molar-refractivity contribution in [2.75, 3.05) is 12.4 Å². The predicted octanol–water partition coefficient (Wildman–Crippen LogP) is 3.58. The zero-order valence-electron chi connectivity index (χ0n) is 12.1. The number of benzene rings is 1. The summed E-state index contributed by atoms with van der Waals surface area (Å²) in [5, 5.41) is 6.96. The smallest absolute Gasteiger partial charge is 0.267 e. The number of thiazole rings is 1. The molecule has 1 aromatic heterocycles. The van der Waals surface area contributed by atoms with Crippen LogP contribution in [0.4, 0.5) is 5.69 Å². The first kappa shape index (κ1) is 19.9. The van der Waals surface area contributed by atoms with Crippen LogP contribution >= 0.6 is 36.2 Å². The van der Waals surface area contributed by atoms with Crippen molar-refractivity contribution >= 4 is 47.7 Å². The maximum Gasteiger partial charge on any atom is 0.267 e. The lowest BCUT2D eigenvalue weighted by Gasteiger charge is -2.10. The van der Waals surface area contributed by atoms with Gasteiger partial charge in [-0.15, -0.1) is 36.2 Å². The highest BCUT2D eigenvalue weighted by Crippen LogP contribution is 2.21. The number of anilines is 1. The minimum atomic E-state index is -0.0911. The molecule has 0 bridgehead atoms. The van der Waals surface area contributed by atoms with Crippen molar-refractivity contribution in [2.45, 2.75) is 20.4 Å². The fourth-order valence-electron chi connectivity index (χ4n) is 1.91. The van der Waals surface area contributed by atoms with Crippen LogP contribution in [0.5, 0.6) is 0 Å². The fourth-order valence-corrected chi connectivity index (χ4v) is 2.72. The Morgan fingerprint density at radius 2 is 1.90 bits per heavy atom. The molecule has 2 aromatic rings. The van der Waals surface area contributed by atoms with Gasteiger partial charge in [-0.2, -0.15) is 0 Å². The van der Waals surface area contributed by atoms with Gasteiger partial charge in [0.25, 0.3) is 5.91 Å². The first-order valence-electron chi connectivity index (χ1n) is 6.09. The Bertz CT molecular complexity index is 602. The first-order valence-corrected chi connectivity index (χ1v) is 6.91. The summed E-state index contributed by atoms with van der Waals surface area (Å²) < 4.78 is 0. The molecular formula is C14H19Cl2N3OS. The van der Waals surface area contributed by atoms with E-state index in [4.69, 9.17) is 0 Å². The highest BCUT2D eigenvalue weighted by Gasteiger charge is 2.14. The van der Waals surface area contributed by atoms with Gasteiger partial charge >= 0.3 is 0 Å². The largest absolute Gasteiger partial charge is 0.321 e. The Hall–Kier alpha value is -1.14. The van der Waals surface area contributed by atoms with E-state index in [2.05, 4.69) is 15.6 Å². The summed E-state index contributed by atoms with van der Waals surface area (Å²) in [7, 11) is 1.88. The molecule has 0 fully saturated rings. The van der Waals surface area contributed by atoms with Crippen molar-refractivity contribution in [1.82, 2.24) is 10.3 Å².